The van der Waals surface area contributed by atoms with Crippen LogP contribution in [0.25, 0.3) is 33.7 Å². The van der Waals surface area contributed by atoms with Gasteiger partial charge >= 0.3 is 29.4 Å². The molecule has 6 aromatic heterocycles. The number of aryl methyl sites for hydroxylation is 2. The van der Waals surface area contributed by atoms with Crippen LogP contribution in [0.5, 0.6) is 11.6 Å². The summed E-state index contributed by atoms with van der Waals surface area (Å²) in [6.45, 7) is 44.4. The lowest BCUT2D eigenvalue weighted by atomic mass is 9.97. The molecule has 5 aromatic carbocycles. The van der Waals surface area contributed by atoms with E-state index in [2.05, 4.69) is 98.1 Å². The van der Waals surface area contributed by atoms with Crippen LogP contribution in [-0.2, 0) is 29.7 Å². The third-order valence-electron chi connectivity index (χ3n) is 17.5. The number of allylic oxidation sites excluding steroid dienone is 2. The molecule has 29 heteroatoms. The summed E-state index contributed by atoms with van der Waals surface area (Å²) in [6.07, 6.45) is 13.8. The normalized spacial score (nSPS) is 12.3. The van der Waals surface area contributed by atoms with Crippen molar-refractivity contribution >= 4 is 87.0 Å². The van der Waals surface area contributed by atoms with Crippen LogP contribution in [0.1, 0.15) is 153 Å². The lowest BCUT2D eigenvalue weighted by molar-refractivity contribution is -0.143. The Kier molecular flexibility index (Phi) is 31.5. The summed E-state index contributed by atoms with van der Waals surface area (Å²) in [5, 5.41) is 17.0. The number of esters is 1. The first kappa shape index (κ1) is 89.3. The van der Waals surface area contributed by atoms with Crippen molar-refractivity contribution in [3.8, 4) is 11.6 Å². The van der Waals surface area contributed by atoms with Gasteiger partial charge in [-0.15, -0.1) is 0 Å². The van der Waals surface area contributed by atoms with E-state index >= 15 is 0 Å². The Balaban J connectivity index is 0.000000186. The predicted molar refractivity (Wildman–Crippen MR) is 464 cm³/mol. The first-order chi connectivity index (χ1) is 56.0. The smallest absolute Gasteiger partial charge is 0.349 e. The van der Waals surface area contributed by atoms with E-state index in [0.29, 0.717) is 62.5 Å². The lowest BCUT2D eigenvalue weighted by Crippen LogP contribution is -2.43. The molecule has 2 aliphatic heterocycles. The van der Waals surface area contributed by atoms with Crippen LogP contribution in [-0.4, -0.2) is 110 Å². The molecule has 8 heterocycles. The highest BCUT2D eigenvalue weighted by Crippen LogP contribution is 2.28. The average molecular weight is 1600 g/mol. The largest absolute Gasteiger partial charge is 0.471 e. The van der Waals surface area contributed by atoms with E-state index in [1.54, 1.807) is 106 Å². The van der Waals surface area contributed by atoms with Crippen molar-refractivity contribution < 1.29 is 33.4 Å². The lowest BCUT2D eigenvalue weighted by Gasteiger charge is -2.28. The second-order valence-electron chi connectivity index (χ2n) is 29.7. The molecule has 0 spiro atoms. The number of aromatic nitrogens is 12. The number of hydrogen-bond donors (Lipinski definition) is 6. The van der Waals surface area contributed by atoms with E-state index in [1.165, 1.54) is 6.33 Å². The summed E-state index contributed by atoms with van der Waals surface area (Å²) in [5.41, 5.74) is 10.2. The van der Waals surface area contributed by atoms with Gasteiger partial charge in [0.15, 0.2) is 28.1 Å². The second-order valence-corrected chi connectivity index (χ2v) is 29.7. The summed E-state index contributed by atoms with van der Waals surface area (Å²) in [4.78, 5) is 120. The molecular weight excluding hydrogens is 1490 g/mol. The maximum Gasteiger partial charge on any atom is 0.349 e. The number of ether oxygens (including phenoxy) is 2. The molecule has 13 rings (SSSR count). The van der Waals surface area contributed by atoms with Gasteiger partial charge in [0.1, 0.15) is 30.3 Å². The zero-order valence-electron chi connectivity index (χ0n) is 69.6. The number of anilines is 4. The van der Waals surface area contributed by atoms with Gasteiger partial charge in [-0.05, 0) is 168 Å². The topological polar surface area (TPSA) is 339 Å². The summed E-state index contributed by atoms with van der Waals surface area (Å²) in [5.74, 6) is 1.61. The maximum absolute atomic E-state index is 12.6. The van der Waals surface area contributed by atoms with Crippen LogP contribution >= 0.6 is 0 Å². The number of nitrogens with zero attached hydrogens (tertiary/aromatic N) is 14. The summed E-state index contributed by atoms with van der Waals surface area (Å²) in [6, 6.07) is 47.2. The molecule has 0 unspecified atom stereocenters. The van der Waals surface area contributed by atoms with E-state index in [9.17, 15) is 33.6 Å². The number of hydrogen-bond acceptors (Lipinski definition) is 19. The Morgan fingerprint density at radius 3 is 1.64 bits per heavy atom. The van der Waals surface area contributed by atoms with Crippen molar-refractivity contribution in [3.05, 3.63) is 299 Å². The average Bonchev–Trinajstić information content (AvgIpc) is 1.63. The molecule has 2 aliphatic rings. The van der Waals surface area contributed by atoms with Crippen molar-refractivity contribution in [1.82, 2.24) is 78.6 Å². The Bertz CT molecular complexity index is 5550. The van der Waals surface area contributed by atoms with Gasteiger partial charge in [0.2, 0.25) is 17.7 Å². The van der Waals surface area contributed by atoms with E-state index in [1.807, 2.05) is 228 Å². The quantitative estimate of drug-likeness (QED) is 0.0305. The van der Waals surface area contributed by atoms with E-state index in [-0.39, 0.29) is 96.3 Å². The molecule has 0 fully saturated rings. The van der Waals surface area contributed by atoms with Gasteiger partial charge in [-0.3, -0.25) is 38.6 Å². The molecule has 29 nitrogen and oxygen atoms in total. The standard InChI is InChI=1S/C28H31N5O4.C16H19N3O.C15H17N3O.C13H11N5O.C9H14N2O.C8H12N2O/c1-18(2)33-17-29-23-24(33)31-27(30-22(34)15-19-9-7-6-8-10-19)32-25(23)36-16-20-11-13-21(14-12-20)37-26(35)28(3,4)5;1-11(2)19-10-12(3)15(18-16(19)20)17-13(4)14-8-6-5-7-9-14;1-11(2)18-10-9-14(17-15(18)19)16-12(3)13-7-5-4-6-8-13;1-18-8-16-10-11(14-7-15-12(10)18)17-13(19)9-5-3-2-4-6-9;1-6(2)11-5-7(3)8(4)10-9(11)12;1-6(2)10-5-4-7(3)9-8(10)11/h6-14,17-18H,15-16H2,1-5H3,(H,30,31,32,34);5-11H,4H2,1-3H3,(H,17,18,20);4-11H,3H2,1-2H3,(H,16,17,19);2-8H,1H3,(H,14,15,17,19);5-6H,4H2,1-3H3,(H,10,12);4-6H,3H2,1-2H3,(H,9,11). The molecule has 0 radical (unpaired) electrons. The fourth-order valence-corrected chi connectivity index (χ4v) is 10.8. The molecular formula is C89H104N20O9. The highest BCUT2D eigenvalue weighted by molar-refractivity contribution is 6.06. The highest BCUT2D eigenvalue weighted by atomic mass is 16.5. The molecule has 6 N–H and O–H groups in total. The van der Waals surface area contributed by atoms with Crippen LogP contribution < -0.4 is 52.8 Å². The minimum Gasteiger partial charge on any atom is -0.471 e. The summed E-state index contributed by atoms with van der Waals surface area (Å²) < 4.78 is 18.3. The fraction of sp³-hybridized carbons (Fsp3) is 0.270. The number of fused-ring (bicyclic) bond motifs is 2. The van der Waals surface area contributed by atoms with Crippen molar-refractivity contribution in [2.24, 2.45) is 12.5 Å². The molecule has 0 aliphatic carbocycles. The second kappa shape index (κ2) is 41.7. The van der Waals surface area contributed by atoms with Gasteiger partial charge in [-0.1, -0.05) is 148 Å². The first-order valence-corrected chi connectivity index (χ1v) is 38.2. The molecule has 118 heavy (non-hydrogen) atoms. The van der Waals surface area contributed by atoms with Crippen molar-refractivity contribution in [2.75, 3.05) is 21.3 Å². The SMILES string of the molecule is C=C(Nc1ccn(C(C)C)c(=O)n1)c1ccccc1.C=C(Nc1nc(=O)n(C(C)C)cc1C)c1ccccc1.C=C1C=CN(C(C)C)C(=O)N1.C=C1NC(=O)N(C(C)C)C=C1C.CC(C)n1cnc2c(OCc3ccc(OC(=O)C(C)(C)C)cc3)nc(NC(=O)Cc3ccccc3)nc21.Cn1cnc2c(NC(=O)c3ccccc3)ncnc21. The van der Waals surface area contributed by atoms with Gasteiger partial charge in [-0.25, -0.2) is 39.1 Å². The third kappa shape index (κ3) is 25.6. The number of carbonyl (C=O) groups excluding carboxylic acids is 5. The number of benzene rings is 5. The van der Waals surface area contributed by atoms with Gasteiger partial charge in [0, 0.05) is 96.0 Å². The van der Waals surface area contributed by atoms with E-state index in [4.69, 9.17) is 9.47 Å². The Hall–Kier alpha value is -14.3. The third-order valence-corrected chi connectivity index (χ3v) is 17.5. The predicted octanol–water partition coefficient (Wildman–Crippen LogP) is 16.1. The molecule has 614 valence electrons. The van der Waals surface area contributed by atoms with Crippen molar-refractivity contribution in [2.45, 2.75) is 147 Å². The maximum atomic E-state index is 12.6. The molecule has 0 saturated carbocycles. The number of carbonyl (C=O) groups is 5. The van der Waals surface area contributed by atoms with E-state index in [0.717, 1.165) is 44.8 Å². The zero-order chi connectivity index (χ0) is 86.1. The molecule has 0 atom stereocenters. The number of rotatable bonds is 20. The van der Waals surface area contributed by atoms with Gasteiger partial charge in [-0.2, -0.15) is 19.9 Å². The number of urea groups is 2. The van der Waals surface area contributed by atoms with Gasteiger partial charge < -0.3 is 45.2 Å². The van der Waals surface area contributed by atoms with Crippen LogP contribution in [0.3, 0.4) is 0 Å². The van der Waals surface area contributed by atoms with Crippen LogP contribution in [0, 0.1) is 12.3 Å². The monoisotopic (exact) mass is 1600 g/mol. The first-order valence-electron chi connectivity index (χ1n) is 38.2. The van der Waals surface area contributed by atoms with Crippen molar-refractivity contribution in [3.63, 3.8) is 0 Å². The molecule has 0 saturated heterocycles. The fourth-order valence-electron chi connectivity index (χ4n) is 10.8. The Labute approximate surface area is 687 Å². The summed E-state index contributed by atoms with van der Waals surface area (Å²) in [7, 11) is 1.84. The minimum atomic E-state index is -0.590. The molecule has 0 bridgehead atoms. The van der Waals surface area contributed by atoms with Crippen molar-refractivity contribution in [1.29, 1.82) is 0 Å². The molecule has 6 amide bonds. The number of imidazole rings is 2. The zero-order valence-corrected chi connectivity index (χ0v) is 69.6. The molecule has 11 aromatic rings. The minimum absolute atomic E-state index is 0.0967. The van der Waals surface area contributed by atoms with E-state index < -0.39 is 5.41 Å². The van der Waals surface area contributed by atoms with Crippen LogP contribution in [0.15, 0.2) is 254 Å². The van der Waals surface area contributed by atoms with Crippen LogP contribution in [0.2, 0.25) is 0 Å². The number of amides is 6. The Morgan fingerprint density at radius 2 is 1.08 bits per heavy atom. The Morgan fingerprint density at radius 1 is 0.534 bits per heavy atom. The van der Waals surface area contributed by atoms with Crippen LogP contribution in [0.4, 0.5) is 33.0 Å². The highest BCUT2D eigenvalue weighted by Gasteiger charge is 2.25. The summed E-state index contributed by atoms with van der Waals surface area (Å²) >= 11 is 0. The van der Waals surface area contributed by atoms with Gasteiger partial charge in [0.05, 0.1) is 24.5 Å². The number of nitrogens with one attached hydrogen (secondary N) is 6. The van der Waals surface area contributed by atoms with Gasteiger partial charge in [0.25, 0.3) is 5.91 Å².